The van der Waals surface area contributed by atoms with E-state index in [1.54, 1.807) is 0 Å². The summed E-state index contributed by atoms with van der Waals surface area (Å²) in [7, 11) is 1.96. The number of nitrogens with two attached hydrogens (primary N) is 1. The Morgan fingerprint density at radius 2 is 2.14 bits per heavy atom. The van der Waals surface area contributed by atoms with Gasteiger partial charge in [0.2, 0.25) is 0 Å². The van der Waals surface area contributed by atoms with E-state index in [1.165, 1.54) is 10.9 Å². The Labute approximate surface area is 81.4 Å². The van der Waals surface area contributed by atoms with Crippen molar-refractivity contribution < 1.29 is 0 Å². The molecule has 0 atom stereocenters. The predicted octanol–water partition coefficient (Wildman–Crippen LogP) is 2.01. The SMILES string of the molecule is Cn1cc2cc3ccccn3c2c1N. The van der Waals surface area contributed by atoms with Crippen LogP contribution in [0.15, 0.2) is 36.7 Å². The van der Waals surface area contributed by atoms with Gasteiger partial charge < -0.3 is 14.7 Å². The molecular weight excluding hydrogens is 174 g/mol. The summed E-state index contributed by atoms with van der Waals surface area (Å²) in [5, 5.41) is 1.19. The maximum absolute atomic E-state index is 5.99. The Morgan fingerprint density at radius 1 is 1.29 bits per heavy atom. The molecule has 0 unspecified atom stereocenters. The minimum Gasteiger partial charge on any atom is -0.383 e. The van der Waals surface area contributed by atoms with Crippen molar-refractivity contribution in [3.05, 3.63) is 36.7 Å². The first-order valence-corrected chi connectivity index (χ1v) is 4.58. The Hall–Kier alpha value is -1.90. The Kier molecular flexibility index (Phi) is 1.24. The summed E-state index contributed by atoms with van der Waals surface area (Å²) in [4.78, 5) is 0. The van der Waals surface area contributed by atoms with Gasteiger partial charge in [0, 0.05) is 30.3 Å². The molecule has 0 spiro atoms. The van der Waals surface area contributed by atoms with Crippen molar-refractivity contribution in [2.45, 2.75) is 0 Å². The summed E-state index contributed by atoms with van der Waals surface area (Å²) in [6.45, 7) is 0. The first kappa shape index (κ1) is 7.50. The number of nitrogens with zero attached hydrogens (tertiary/aromatic N) is 2. The molecule has 0 bridgehead atoms. The van der Waals surface area contributed by atoms with Gasteiger partial charge >= 0.3 is 0 Å². The van der Waals surface area contributed by atoms with E-state index in [2.05, 4.69) is 22.7 Å². The molecule has 3 heteroatoms. The van der Waals surface area contributed by atoms with Crippen LogP contribution in [0.5, 0.6) is 0 Å². The fourth-order valence-electron chi connectivity index (χ4n) is 1.96. The predicted molar refractivity (Wildman–Crippen MR) is 58.3 cm³/mol. The molecule has 3 aromatic rings. The third kappa shape index (κ3) is 0.763. The summed E-state index contributed by atoms with van der Waals surface area (Å²) in [5.74, 6) is 0.811. The zero-order valence-corrected chi connectivity index (χ0v) is 7.94. The van der Waals surface area contributed by atoms with E-state index in [4.69, 9.17) is 5.73 Å². The van der Waals surface area contributed by atoms with Gasteiger partial charge in [-0.15, -0.1) is 0 Å². The van der Waals surface area contributed by atoms with E-state index in [0.29, 0.717) is 0 Å². The van der Waals surface area contributed by atoms with Crippen LogP contribution < -0.4 is 5.73 Å². The second kappa shape index (κ2) is 2.32. The fourth-order valence-corrected chi connectivity index (χ4v) is 1.96. The van der Waals surface area contributed by atoms with Crippen molar-refractivity contribution >= 4 is 22.2 Å². The van der Waals surface area contributed by atoms with Crippen LogP contribution in [-0.4, -0.2) is 8.97 Å². The lowest BCUT2D eigenvalue weighted by Gasteiger charge is -1.98. The molecule has 3 rings (SSSR count). The van der Waals surface area contributed by atoms with Crippen molar-refractivity contribution in [2.75, 3.05) is 5.73 Å². The molecule has 0 saturated carbocycles. The van der Waals surface area contributed by atoms with Gasteiger partial charge in [0.25, 0.3) is 0 Å². The van der Waals surface area contributed by atoms with Crippen molar-refractivity contribution in [1.82, 2.24) is 8.97 Å². The molecule has 70 valence electrons. The van der Waals surface area contributed by atoms with Crippen LogP contribution in [0.3, 0.4) is 0 Å². The van der Waals surface area contributed by atoms with Crippen LogP contribution in [0.1, 0.15) is 0 Å². The van der Waals surface area contributed by atoms with Gasteiger partial charge in [0.15, 0.2) is 0 Å². The number of aromatic nitrogens is 2. The van der Waals surface area contributed by atoms with Gasteiger partial charge in [-0.2, -0.15) is 0 Å². The summed E-state index contributed by atoms with van der Waals surface area (Å²) < 4.78 is 4.06. The summed E-state index contributed by atoms with van der Waals surface area (Å²) >= 11 is 0. The molecule has 0 saturated heterocycles. The third-order valence-corrected chi connectivity index (χ3v) is 2.66. The van der Waals surface area contributed by atoms with Gasteiger partial charge in [-0.05, 0) is 18.2 Å². The van der Waals surface area contributed by atoms with Crippen molar-refractivity contribution in [3.8, 4) is 0 Å². The van der Waals surface area contributed by atoms with E-state index in [9.17, 15) is 0 Å². The molecule has 0 aromatic carbocycles. The maximum Gasteiger partial charge on any atom is 0.128 e. The number of rotatable bonds is 0. The Balaban J connectivity index is 2.62. The van der Waals surface area contributed by atoms with Crippen LogP contribution in [-0.2, 0) is 7.05 Å². The number of nitrogen functional groups attached to an aromatic ring is 1. The molecule has 14 heavy (non-hydrogen) atoms. The van der Waals surface area contributed by atoms with E-state index in [1.807, 2.05) is 29.9 Å². The molecule has 3 heterocycles. The summed E-state index contributed by atoms with van der Waals surface area (Å²) in [6, 6.07) is 8.27. The first-order valence-electron chi connectivity index (χ1n) is 4.58. The van der Waals surface area contributed by atoms with Crippen LogP contribution in [0.25, 0.3) is 16.4 Å². The topological polar surface area (TPSA) is 35.4 Å². The highest BCUT2D eigenvalue weighted by Crippen LogP contribution is 2.26. The van der Waals surface area contributed by atoms with Gasteiger partial charge in [-0.25, -0.2) is 0 Å². The lowest BCUT2D eigenvalue weighted by Crippen LogP contribution is -1.96. The fraction of sp³-hybridized carbons (Fsp3) is 0.0909. The molecule has 0 radical (unpaired) electrons. The van der Waals surface area contributed by atoms with Crippen LogP contribution in [0, 0.1) is 0 Å². The number of fused-ring (bicyclic) bond motifs is 3. The second-order valence-electron chi connectivity index (χ2n) is 3.57. The lowest BCUT2D eigenvalue weighted by atomic mass is 10.4. The average Bonchev–Trinajstić information content (AvgIpc) is 2.65. The molecular formula is C11H11N3. The summed E-state index contributed by atoms with van der Waals surface area (Å²) in [6.07, 6.45) is 4.09. The first-order chi connectivity index (χ1) is 6.77. The number of pyridine rings is 1. The average molecular weight is 185 g/mol. The number of anilines is 1. The number of hydrogen-bond donors (Lipinski definition) is 1. The Morgan fingerprint density at radius 3 is 3.00 bits per heavy atom. The van der Waals surface area contributed by atoms with E-state index in [-0.39, 0.29) is 0 Å². The Bertz CT molecular complexity index is 616. The van der Waals surface area contributed by atoms with Crippen LogP contribution in [0.2, 0.25) is 0 Å². The van der Waals surface area contributed by atoms with Gasteiger partial charge in [-0.3, -0.25) is 0 Å². The molecule has 3 nitrogen and oxygen atoms in total. The minimum atomic E-state index is 0.811. The van der Waals surface area contributed by atoms with Crippen LogP contribution >= 0.6 is 0 Å². The van der Waals surface area contributed by atoms with E-state index < -0.39 is 0 Å². The standard InChI is InChI=1S/C11H11N3/c1-13-7-8-6-9-4-2-3-5-14(9)10(8)11(13)12/h2-7H,12H2,1H3. The van der Waals surface area contributed by atoms with Crippen LogP contribution in [0.4, 0.5) is 5.82 Å². The molecule has 0 aliphatic rings. The maximum atomic E-state index is 5.99. The molecule has 0 fully saturated rings. The normalized spacial score (nSPS) is 11.5. The molecule has 0 amide bonds. The molecule has 3 aromatic heterocycles. The van der Waals surface area contributed by atoms with Crippen molar-refractivity contribution in [3.63, 3.8) is 0 Å². The number of hydrogen-bond acceptors (Lipinski definition) is 1. The van der Waals surface area contributed by atoms with E-state index in [0.717, 1.165) is 11.3 Å². The smallest absolute Gasteiger partial charge is 0.128 e. The third-order valence-electron chi connectivity index (χ3n) is 2.66. The second-order valence-corrected chi connectivity index (χ2v) is 3.57. The number of aryl methyl sites for hydroxylation is 1. The molecule has 2 N–H and O–H groups in total. The molecule has 0 aliphatic carbocycles. The van der Waals surface area contributed by atoms with Crippen molar-refractivity contribution in [2.24, 2.45) is 7.05 Å². The largest absolute Gasteiger partial charge is 0.383 e. The highest BCUT2D eigenvalue weighted by atomic mass is 15.0. The quantitative estimate of drug-likeness (QED) is 0.571. The van der Waals surface area contributed by atoms with E-state index >= 15 is 0 Å². The highest BCUT2D eigenvalue weighted by Gasteiger charge is 2.08. The minimum absolute atomic E-state index is 0.811. The van der Waals surface area contributed by atoms with Gasteiger partial charge in [0.05, 0.1) is 5.52 Å². The van der Waals surface area contributed by atoms with Gasteiger partial charge in [0.1, 0.15) is 5.82 Å². The molecule has 0 aliphatic heterocycles. The lowest BCUT2D eigenvalue weighted by molar-refractivity contribution is 0.944. The highest BCUT2D eigenvalue weighted by molar-refractivity contribution is 5.95. The zero-order chi connectivity index (χ0) is 9.71. The summed E-state index contributed by atoms with van der Waals surface area (Å²) in [5.41, 5.74) is 8.28. The van der Waals surface area contributed by atoms with Gasteiger partial charge in [-0.1, -0.05) is 6.07 Å². The van der Waals surface area contributed by atoms with Crippen molar-refractivity contribution in [1.29, 1.82) is 0 Å². The zero-order valence-electron chi connectivity index (χ0n) is 7.94. The monoisotopic (exact) mass is 185 g/mol.